The maximum Gasteiger partial charge on any atom is 0.290 e. The summed E-state index contributed by atoms with van der Waals surface area (Å²) in [6.45, 7) is 0. The van der Waals surface area contributed by atoms with E-state index in [1.807, 2.05) is 12.1 Å². The van der Waals surface area contributed by atoms with Crippen LogP contribution in [0.4, 0.5) is 0 Å². The van der Waals surface area contributed by atoms with E-state index in [0.29, 0.717) is 11.0 Å². The maximum absolute atomic E-state index is 11.2. The van der Waals surface area contributed by atoms with Crippen LogP contribution in [0.2, 0.25) is 0 Å². The van der Waals surface area contributed by atoms with Gasteiger partial charge in [-0.25, -0.2) is 0 Å². The van der Waals surface area contributed by atoms with Crippen molar-refractivity contribution in [1.29, 1.82) is 0 Å². The molecule has 4 nitrogen and oxygen atoms in total. The zero-order valence-electron chi connectivity index (χ0n) is 6.89. The van der Waals surface area contributed by atoms with Crippen LogP contribution in [0, 0.1) is 0 Å². The van der Waals surface area contributed by atoms with Gasteiger partial charge in [-0.05, 0) is 12.1 Å². The minimum Gasteiger partial charge on any atom is -0.376 e. The van der Waals surface area contributed by atoms with Crippen molar-refractivity contribution < 1.29 is 8.73 Å². The molecule has 0 atom stereocenters. The first-order valence-corrected chi connectivity index (χ1v) is 3.84. The summed E-state index contributed by atoms with van der Waals surface area (Å²) in [4.78, 5) is 11.2. The van der Waals surface area contributed by atoms with Crippen LogP contribution in [0.5, 0.6) is 0 Å². The number of benzene rings is 1. The largest absolute Gasteiger partial charge is 0.376 e. The molecule has 0 radical (unpaired) electrons. The molecule has 13 heavy (non-hydrogen) atoms. The van der Waals surface area contributed by atoms with Gasteiger partial charge in [-0.2, -0.15) is 8.95 Å². The number of nitrogens with zero attached hydrogens (tertiary/aromatic N) is 1. The van der Waals surface area contributed by atoms with Crippen LogP contribution >= 0.6 is 0 Å². The zero-order chi connectivity index (χ0) is 9.84. The van der Waals surface area contributed by atoms with Gasteiger partial charge in [0, 0.05) is 7.05 Å². The van der Waals surface area contributed by atoms with Crippen molar-refractivity contribution in [3.05, 3.63) is 34.6 Å². The summed E-state index contributed by atoms with van der Waals surface area (Å²) in [7, 11) is 1.60. The van der Waals surface area contributed by atoms with Crippen LogP contribution in [-0.4, -0.2) is 8.95 Å². The van der Waals surface area contributed by atoms with Crippen LogP contribution in [0.3, 0.4) is 0 Å². The molecule has 0 N–H and O–H groups in total. The van der Waals surface area contributed by atoms with Gasteiger partial charge in [-0.15, -0.1) is 0 Å². The molecule has 0 fully saturated rings. The number of para-hydroxylation sites is 1. The summed E-state index contributed by atoms with van der Waals surface area (Å²) in [5, 5.41) is 0.634. The van der Waals surface area contributed by atoms with Gasteiger partial charge >= 0.3 is 0 Å². The summed E-state index contributed by atoms with van der Waals surface area (Å²) in [5.74, 6) is 0. The topological polar surface area (TPSA) is 52.2 Å². The van der Waals surface area contributed by atoms with Crippen LogP contribution in [0.15, 0.2) is 33.6 Å². The monoisotopic (exact) mass is 197 g/mol. The maximum atomic E-state index is 11.2. The molecule has 68 valence electrons. The van der Waals surface area contributed by atoms with E-state index in [0.717, 1.165) is 0 Å². The first-order chi connectivity index (χ1) is 6.29. The minimum absolute atomic E-state index is 0.0828. The molecule has 0 aliphatic rings. The number of aryl methyl sites for hydroxylation is 1. The second-order valence-electron chi connectivity index (χ2n) is 2.39. The fourth-order valence-electron chi connectivity index (χ4n) is 1.08. The van der Waals surface area contributed by atoms with Crippen molar-refractivity contribution in [2.24, 2.45) is 7.05 Å². The molecule has 5 heteroatoms. The summed E-state index contributed by atoms with van der Waals surface area (Å²) in [5.41, 5.74) is 0.556. The van der Waals surface area contributed by atoms with Gasteiger partial charge in [0.15, 0.2) is 18.1 Å². The Balaban J connectivity index is 0.000000396. The van der Waals surface area contributed by atoms with E-state index in [4.69, 9.17) is 8.73 Å². The summed E-state index contributed by atoms with van der Waals surface area (Å²) < 4.78 is 14.2. The van der Waals surface area contributed by atoms with E-state index >= 15 is 0 Å². The normalized spacial score (nSPS) is 9.31. The molecule has 0 saturated carbocycles. The van der Waals surface area contributed by atoms with Crippen LogP contribution in [0.25, 0.3) is 11.0 Å². The third-order valence-corrected chi connectivity index (χ3v) is 1.64. The van der Waals surface area contributed by atoms with E-state index in [9.17, 15) is 4.79 Å². The lowest BCUT2D eigenvalue weighted by Crippen LogP contribution is -2.08. The lowest BCUT2D eigenvalue weighted by Gasteiger charge is -1.80. The van der Waals surface area contributed by atoms with Crippen LogP contribution in [0.1, 0.15) is 0 Å². The third kappa shape index (κ3) is 1.65. The number of aromatic nitrogens is 1. The van der Waals surface area contributed by atoms with Crippen molar-refractivity contribution in [2.75, 3.05) is 0 Å². The molecule has 0 bridgehead atoms. The molecule has 0 aliphatic carbocycles. The number of fused-ring (bicyclic) bond motifs is 1. The molecular formula is C8H7NO3S. The van der Waals surface area contributed by atoms with Crippen molar-refractivity contribution in [3.63, 3.8) is 0 Å². The molecular weight excluding hydrogens is 190 g/mol. The number of hydrogen-bond acceptors (Lipinski definition) is 4. The Morgan fingerprint density at radius 3 is 2.54 bits per heavy atom. The predicted molar refractivity (Wildman–Crippen MR) is 49.6 cm³/mol. The second-order valence-corrected chi connectivity index (χ2v) is 2.39. The minimum atomic E-state index is -0.0828. The van der Waals surface area contributed by atoms with Crippen LogP contribution < -0.4 is 5.56 Å². The van der Waals surface area contributed by atoms with Gasteiger partial charge in [0.25, 0.3) is 5.56 Å². The second kappa shape index (κ2) is 3.95. The van der Waals surface area contributed by atoms with E-state index in [-0.39, 0.29) is 5.56 Å². The van der Waals surface area contributed by atoms with E-state index in [2.05, 4.69) is 12.5 Å². The van der Waals surface area contributed by atoms with Crippen molar-refractivity contribution >= 4 is 23.5 Å². The van der Waals surface area contributed by atoms with E-state index in [1.165, 1.54) is 4.74 Å². The molecule has 0 spiro atoms. The van der Waals surface area contributed by atoms with Crippen LogP contribution in [-0.2, 0) is 19.6 Å². The zero-order valence-corrected chi connectivity index (χ0v) is 7.71. The fourth-order valence-corrected chi connectivity index (χ4v) is 1.08. The highest BCUT2D eigenvalue weighted by molar-refractivity contribution is 7.44. The standard InChI is InChI=1S/C8H7NO2.OS/c1-9-8(10)6-4-2-3-5-7(6)11-9;1-2/h2-5H,1H3;. The van der Waals surface area contributed by atoms with Gasteiger partial charge in [-0.3, -0.25) is 4.79 Å². The summed E-state index contributed by atoms with van der Waals surface area (Å²) in [6, 6.07) is 7.18. The Hall–Kier alpha value is -1.49. The quantitative estimate of drug-likeness (QED) is 0.626. The van der Waals surface area contributed by atoms with Crippen molar-refractivity contribution in [1.82, 2.24) is 4.74 Å². The third-order valence-electron chi connectivity index (χ3n) is 1.64. The highest BCUT2D eigenvalue weighted by Gasteiger charge is 2.02. The molecule has 2 aromatic rings. The lowest BCUT2D eigenvalue weighted by atomic mass is 10.3. The van der Waals surface area contributed by atoms with E-state index < -0.39 is 0 Å². The van der Waals surface area contributed by atoms with E-state index in [1.54, 1.807) is 19.2 Å². The number of rotatable bonds is 0. The summed E-state index contributed by atoms with van der Waals surface area (Å²) in [6.07, 6.45) is 0. The highest BCUT2D eigenvalue weighted by Crippen LogP contribution is 2.07. The average molecular weight is 197 g/mol. The molecule has 0 unspecified atom stereocenters. The smallest absolute Gasteiger partial charge is 0.290 e. The van der Waals surface area contributed by atoms with Gasteiger partial charge < -0.3 is 4.52 Å². The van der Waals surface area contributed by atoms with Gasteiger partial charge in [0.1, 0.15) is 0 Å². The molecule has 1 aromatic heterocycles. The molecule has 0 saturated heterocycles. The first kappa shape index (κ1) is 9.60. The van der Waals surface area contributed by atoms with Gasteiger partial charge in [0.2, 0.25) is 0 Å². The first-order valence-electron chi connectivity index (χ1n) is 3.51. The molecule has 1 aromatic carbocycles. The highest BCUT2D eigenvalue weighted by atomic mass is 32.1. The van der Waals surface area contributed by atoms with Crippen molar-refractivity contribution in [3.8, 4) is 0 Å². The van der Waals surface area contributed by atoms with Crippen molar-refractivity contribution in [2.45, 2.75) is 0 Å². The summed E-state index contributed by atoms with van der Waals surface area (Å²) >= 11 is 2.83. The van der Waals surface area contributed by atoms with Gasteiger partial charge in [-0.1, -0.05) is 12.1 Å². The lowest BCUT2D eigenvalue weighted by molar-refractivity contribution is 0.324. The molecule has 2 rings (SSSR count). The average Bonchev–Trinajstić information content (AvgIpc) is 2.47. The Morgan fingerprint density at radius 2 is 1.92 bits per heavy atom. The fraction of sp³-hybridized carbons (Fsp3) is 0.125. The molecule has 1 heterocycles. The Kier molecular flexibility index (Phi) is 2.92. The SMILES string of the molecule is Cn1oc2ccccc2c1=O.O=S. The number of hydrogen-bond donors (Lipinski definition) is 0. The Bertz CT molecular complexity index is 460. The molecule has 0 aliphatic heterocycles. The Labute approximate surface area is 79.3 Å². The predicted octanol–water partition coefficient (Wildman–Crippen LogP) is 0.795. The van der Waals surface area contributed by atoms with Gasteiger partial charge in [0.05, 0.1) is 5.39 Å². The molecule has 0 amide bonds. The Morgan fingerprint density at radius 1 is 1.31 bits per heavy atom.